The highest BCUT2D eigenvalue weighted by molar-refractivity contribution is 5.85. The minimum Gasteiger partial charge on any atom is -0.449 e. The number of rotatable bonds is 3. The van der Waals surface area contributed by atoms with E-state index in [0.717, 1.165) is 0 Å². The van der Waals surface area contributed by atoms with Gasteiger partial charge in [-0.25, -0.2) is 4.79 Å². The number of allylic oxidation sites excluding steroid dienone is 1. The molecule has 0 atom stereocenters. The van der Waals surface area contributed by atoms with E-state index >= 15 is 0 Å². The van der Waals surface area contributed by atoms with Crippen molar-refractivity contribution >= 4 is 24.7 Å². The first-order valence-electron chi connectivity index (χ1n) is 4.00. The van der Waals surface area contributed by atoms with E-state index in [4.69, 9.17) is 4.74 Å². The predicted molar refractivity (Wildman–Crippen MR) is 53.5 cm³/mol. The van der Waals surface area contributed by atoms with Crippen molar-refractivity contribution in [3.63, 3.8) is 0 Å². The van der Waals surface area contributed by atoms with Gasteiger partial charge in [-0.1, -0.05) is 0 Å². The molecule has 0 aromatic carbocycles. The molecule has 0 radical (unpaired) electrons. The molecule has 0 spiro atoms. The summed E-state index contributed by atoms with van der Waals surface area (Å²) in [6.45, 7) is -0.0877. The second-order valence-electron chi connectivity index (χ2n) is 2.44. The molecule has 0 saturated heterocycles. The normalized spacial score (nSPS) is 13.6. The molecular formula is C8H12ClFN2O2. The summed E-state index contributed by atoms with van der Waals surface area (Å²) in [7, 11) is 0. The minimum atomic E-state index is -0.485. The van der Waals surface area contributed by atoms with Crippen LogP contribution in [0.4, 0.5) is 9.18 Å². The molecule has 4 nitrogen and oxygen atoms in total. The van der Waals surface area contributed by atoms with E-state index < -0.39 is 12.8 Å². The third-order valence-electron chi connectivity index (χ3n) is 1.43. The SMILES string of the molecule is Cl.O=C(OCCCF)N1C=CC=NC1. The number of halogens is 2. The molecule has 14 heavy (non-hydrogen) atoms. The zero-order valence-corrected chi connectivity index (χ0v) is 8.37. The number of nitrogens with zero attached hydrogens (tertiary/aromatic N) is 2. The highest BCUT2D eigenvalue weighted by Crippen LogP contribution is 1.99. The Balaban J connectivity index is 0.00000169. The summed E-state index contributed by atoms with van der Waals surface area (Å²) in [6.07, 6.45) is 4.57. The van der Waals surface area contributed by atoms with Crippen LogP contribution in [0.3, 0.4) is 0 Å². The number of amides is 1. The van der Waals surface area contributed by atoms with Crippen molar-refractivity contribution in [2.24, 2.45) is 4.99 Å². The quantitative estimate of drug-likeness (QED) is 0.683. The molecule has 1 rings (SSSR count). The molecule has 0 aromatic rings. The van der Waals surface area contributed by atoms with Crippen LogP contribution in [0.25, 0.3) is 0 Å². The van der Waals surface area contributed by atoms with Crippen LogP contribution in [0.1, 0.15) is 6.42 Å². The molecule has 0 aliphatic carbocycles. The largest absolute Gasteiger partial charge is 0.449 e. The number of hydrogen-bond donors (Lipinski definition) is 0. The summed E-state index contributed by atoms with van der Waals surface area (Å²) >= 11 is 0. The molecule has 0 bridgehead atoms. The van der Waals surface area contributed by atoms with Gasteiger partial charge in [-0.05, 0) is 6.08 Å². The molecule has 1 aliphatic heterocycles. The molecule has 80 valence electrons. The topological polar surface area (TPSA) is 41.9 Å². The summed E-state index contributed by atoms with van der Waals surface area (Å²) in [6, 6.07) is 0. The Morgan fingerprint density at radius 3 is 3.00 bits per heavy atom. The van der Waals surface area contributed by atoms with E-state index in [-0.39, 0.29) is 32.1 Å². The molecule has 0 saturated carbocycles. The van der Waals surface area contributed by atoms with E-state index in [0.29, 0.717) is 0 Å². The third kappa shape index (κ3) is 4.23. The average Bonchev–Trinajstić information content (AvgIpc) is 2.19. The zero-order chi connectivity index (χ0) is 9.52. The second kappa shape index (κ2) is 7.32. The lowest BCUT2D eigenvalue weighted by molar-refractivity contribution is 0.114. The van der Waals surface area contributed by atoms with E-state index in [1.54, 1.807) is 18.5 Å². The number of aliphatic imine (C=N–C) groups is 1. The van der Waals surface area contributed by atoms with Gasteiger partial charge in [-0.2, -0.15) is 0 Å². The Bertz CT molecular complexity index is 233. The summed E-state index contributed by atoms with van der Waals surface area (Å²) in [5.74, 6) is 0. The Hall–Kier alpha value is -1.10. The highest BCUT2D eigenvalue weighted by atomic mass is 35.5. The maximum Gasteiger partial charge on any atom is 0.415 e. The van der Waals surface area contributed by atoms with Crippen LogP contribution in [-0.2, 0) is 4.74 Å². The maximum absolute atomic E-state index is 11.6. The molecule has 1 amide bonds. The van der Waals surface area contributed by atoms with Crippen molar-refractivity contribution < 1.29 is 13.9 Å². The van der Waals surface area contributed by atoms with Crippen molar-refractivity contribution in [2.45, 2.75) is 6.42 Å². The lowest BCUT2D eigenvalue weighted by atomic mass is 10.5. The molecular weight excluding hydrogens is 211 g/mol. The summed E-state index contributed by atoms with van der Waals surface area (Å²) in [4.78, 5) is 16.3. The van der Waals surface area contributed by atoms with E-state index in [1.165, 1.54) is 4.90 Å². The van der Waals surface area contributed by atoms with Crippen LogP contribution in [0, 0.1) is 0 Å². The van der Waals surface area contributed by atoms with Crippen molar-refractivity contribution in [2.75, 3.05) is 20.0 Å². The minimum absolute atomic E-state index is 0. The highest BCUT2D eigenvalue weighted by Gasteiger charge is 2.11. The lowest BCUT2D eigenvalue weighted by Crippen LogP contribution is -2.28. The van der Waals surface area contributed by atoms with Gasteiger partial charge in [0.25, 0.3) is 0 Å². The second-order valence-corrected chi connectivity index (χ2v) is 2.44. The van der Waals surface area contributed by atoms with Crippen LogP contribution < -0.4 is 0 Å². The zero-order valence-electron chi connectivity index (χ0n) is 7.56. The number of hydrogen-bond acceptors (Lipinski definition) is 3. The molecule has 6 heteroatoms. The molecule has 0 N–H and O–H groups in total. The smallest absolute Gasteiger partial charge is 0.415 e. The Kier molecular flexibility index (Phi) is 6.74. The first kappa shape index (κ1) is 12.9. The Morgan fingerprint density at radius 1 is 1.64 bits per heavy atom. The number of carbonyl (C=O) groups is 1. The van der Waals surface area contributed by atoms with Crippen LogP contribution in [0.15, 0.2) is 17.3 Å². The number of alkyl halides is 1. The standard InChI is InChI=1S/C8H11FN2O2.ClH/c9-3-1-6-13-8(12)11-5-2-4-10-7-11;/h2,4-5H,1,3,6-7H2;1H. The van der Waals surface area contributed by atoms with Gasteiger partial charge in [0.15, 0.2) is 0 Å². The van der Waals surface area contributed by atoms with Gasteiger partial charge in [-0.3, -0.25) is 14.3 Å². The van der Waals surface area contributed by atoms with Gasteiger partial charge < -0.3 is 4.74 Å². The Morgan fingerprint density at radius 2 is 2.43 bits per heavy atom. The van der Waals surface area contributed by atoms with Crippen LogP contribution >= 0.6 is 12.4 Å². The average molecular weight is 223 g/mol. The Labute approximate surface area is 87.8 Å². The number of ether oxygens (including phenoxy) is 1. The van der Waals surface area contributed by atoms with Crippen LogP contribution in [0.5, 0.6) is 0 Å². The monoisotopic (exact) mass is 222 g/mol. The van der Waals surface area contributed by atoms with E-state index in [2.05, 4.69) is 4.99 Å². The van der Waals surface area contributed by atoms with E-state index in [1.807, 2.05) is 0 Å². The van der Waals surface area contributed by atoms with Gasteiger partial charge in [0.05, 0.1) is 13.3 Å². The van der Waals surface area contributed by atoms with Crippen molar-refractivity contribution in [1.82, 2.24) is 4.90 Å². The molecule has 0 unspecified atom stereocenters. The molecule has 0 aromatic heterocycles. The first-order chi connectivity index (χ1) is 6.34. The fourth-order valence-electron chi connectivity index (χ4n) is 0.801. The van der Waals surface area contributed by atoms with Crippen molar-refractivity contribution in [1.29, 1.82) is 0 Å². The third-order valence-corrected chi connectivity index (χ3v) is 1.43. The van der Waals surface area contributed by atoms with E-state index in [9.17, 15) is 9.18 Å². The summed E-state index contributed by atoms with van der Waals surface area (Å²) in [5, 5.41) is 0. The molecule has 0 fully saturated rings. The van der Waals surface area contributed by atoms with Crippen molar-refractivity contribution in [3.05, 3.63) is 12.3 Å². The summed E-state index contributed by atoms with van der Waals surface area (Å²) < 4.78 is 16.4. The number of carbonyl (C=O) groups excluding carboxylic acids is 1. The van der Waals surface area contributed by atoms with Gasteiger partial charge in [0, 0.05) is 18.8 Å². The maximum atomic E-state index is 11.6. The van der Waals surface area contributed by atoms with Crippen LogP contribution in [0.2, 0.25) is 0 Å². The molecule has 1 heterocycles. The predicted octanol–water partition coefficient (Wildman–Crippen LogP) is 1.76. The first-order valence-corrected chi connectivity index (χ1v) is 4.00. The van der Waals surface area contributed by atoms with Crippen LogP contribution in [-0.4, -0.2) is 37.2 Å². The summed E-state index contributed by atoms with van der Waals surface area (Å²) in [5.41, 5.74) is 0. The lowest BCUT2D eigenvalue weighted by Gasteiger charge is -2.16. The fourth-order valence-corrected chi connectivity index (χ4v) is 0.801. The van der Waals surface area contributed by atoms with Gasteiger partial charge in [-0.15, -0.1) is 12.4 Å². The van der Waals surface area contributed by atoms with Gasteiger partial charge in [0.2, 0.25) is 0 Å². The van der Waals surface area contributed by atoms with Gasteiger partial charge in [0.1, 0.15) is 6.67 Å². The fraction of sp³-hybridized carbons (Fsp3) is 0.500. The molecule has 1 aliphatic rings. The van der Waals surface area contributed by atoms with Crippen molar-refractivity contribution in [3.8, 4) is 0 Å². The van der Waals surface area contributed by atoms with Gasteiger partial charge >= 0.3 is 6.09 Å².